The molecule has 0 aliphatic rings. The van der Waals surface area contributed by atoms with Gasteiger partial charge in [0.05, 0.1) is 0 Å². The topological polar surface area (TPSA) is 87.3 Å². The summed E-state index contributed by atoms with van der Waals surface area (Å²) in [6.45, 7) is 0. The van der Waals surface area contributed by atoms with Crippen molar-refractivity contribution in [3.63, 3.8) is 0 Å². The van der Waals surface area contributed by atoms with Gasteiger partial charge in [-0.25, -0.2) is 4.39 Å². The van der Waals surface area contributed by atoms with E-state index < -0.39 is 22.9 Å². The lowest BCUT2D eigenvalue weighted by molar-refractivity contribution is -0.116. The fourth-order valence-electron chi connectivity index (χ4n) is 4.29. The molecule has 0 bridgehead atoms. The SMILES string of the molecule is O=C(Nc1cccc(SC(C(=O)Nc2ccc(F)cc2)c2ccccc2)c1)/C(=C/c1ccc(Cl)cc1)NC(=O)c1ccccc1. The Balaban J connectivity index is 1.37. The van der Waals surface area contributed by atoms with Crippen LogP contribution >= 0.6 is 23.4 Å². The molecule has 0 saturated heterocycles. The number of halogens is 2. The molecule has 45 heavy (non-hydrogen) atoms. The van der Waals surface area contributed by atoms with Crippen molar-refractivity contribution in [3.05, 3.63) is 167 Å². The first-order valence-electron chi connectivity index (χ1n) is 13.9. The summed E-state index contributed by atoms with van der Waals surface area (Å²) in [5.74, 6) is -1.66. The Kier molecular flexibility index (Phi) is 10.4. The zero-order chi connectivity index (χ0) is 31.6. The van der Waals surface area contributed by atoms with Gasteiger partial charge in [0.15, 0.2) is 0 Å². The van der Waals surface area contributed by atoms with Gasteiger partial charge in [-0.3, -0.25) is 14.4 Å². The second-order valence-corrected chi connectivity index (χ2v) is 11.4. The molecule has 0 aliphatic heterocycles. The van der Waals surface area contributed by atoms with Crippen LogP contribution in [0.4, 0.5) is 15.8 Å². The number of carbonyl (C=O) groups excluding carboxylic acids is 3. The average Bonchev–Trinajstić information content (AvgIpc) is 3.06. The Morgan fingerprint density at radius 3 is 2.07 bits per heavy atom. The van der Waals surface area contributed by atoms with Crippen LogP contribution in [0.3, 0.4) is 0 Å². The van der Waals surface area contributed by atoms with Gasteiger partial charge in [-0.15, -0.1) is 11.8 Å². The number of thioether (sulfide) groups is 1. The predicted molar refractivity (Wildman–Crippen MR) is 178 cm³/mol. The molecule has 5 aromatic rings. The van der Waals surface area contributed by atoms with Crippen molar-refractivity contribution in [3.8, 4) is 0 Å². The summed E-state index contributed by atoms with van der Waals surface area (Å²) in [4.78, 5) is 40.6. The normalized spacial score (nSPS) is 11.7. The molecule has 0 aromatic heterocycles. The molecule has 9 heteroatoms. The highest BCUT2D eigenvalue weighted by molar-refractivity contribution is 8.00. The number of benzene rings is 5. The lowest BCUT2D eigenvalue weighted by Crippen LogP contribution is -2.30. The third-order valence-electron chi connectivity index (χ3n) is 6.51. The summed E-state index contributed by atoms with van der Waals surface area (Å²) < 4.78 is 13.4. The van der Waals surface area contributed by atoms with Crippen LogP contribution in [0.15, 0.2) is 144 Å². The quantitative estimate of drug-likeness (QED) is 0.106. The van der Waals surface area contributed by atoms with Gasteiger partial charge >= 0.3 is 0 Å². The van der Waals surface area contributed by atoms with E-state index in [0.29, 0.717) is 32.4 Å². The van der Waals surface area contributed by atoms with Crippen molar-refractivity contribution >= 4 is 58.5 Å². The minimum atomic E-state index is -0.646. The van der Waals surface area contributed by atoms with Gasteiger partial charge in [-0.1, -0.05) is 78.3 Å². The zero-order valence-electron chi connectivity index (χ0n) is 23.7. The molecule has 6 nitrogen and oxygen atoms in total. The van der Waals surface area contributed by atoms with E-state index in [4.69, 9.17) is 11.6 Å². The van der Waals surface area contributed by atoms with Crippen LogP contribution in [0.25, 0.3) is 6.08 Å². The fourth-order valence-corrected chi connectivity index (χ4v) is 5.50. The molecule has 3 N–H and O–H groups in total. The van der Waals surface area contributed by atoms with E-state index in [1.165, 1.54) is 36.0 Å². The van der Waals surface area contributed by atoms with Crippen LogP contribution in [-0.4, -0.2) is 17.7 Å². The van der Waals surface area contributed by atoms with Gasteiger partial charge in [-0.05, 0) is 83.9 Å². The first-order chi connectivity index (χ1) is 21.8. The predicted octanol–water partition coefficient (Wildman–Crippen LogP) is 8.36. The standard InChI is InChI=1S/C36H27ClFN3O3S/c37-27-16-14-24(15-17-27)22-32(41-34(42)26-10-5-2-6-11-26)35(43)40-30-12-7-13-31(23-30)45-33(25-8-3-1-4-9-25)36(44)39-29-20-18-28(38)19-21-29/h1-23,33H,(H,39,44)(H,40,43)(H,41,42)/b32-22-. The molecule has 0 saturated carbocycles. The lowest BCUT2D eigenvalue weighted by atomic mass is 10.1. The molecule has 0 spiro atoms. The van der Waals surface area contributed by atoms with Gasteiger partial charge in [0, 0.05) is 26.9 Å². The molecule has 3 amide bonds. The van der Waals surface area contributed by atoms with Crippen LogP contribution in [0, 0.1) is 5.82 Å². The molecule has 1 unspecified atom stereocenters. The molecular weight excluding hydrogens is 609 g/mol. The molecule has 0 radical (unpaired) electrons. The lowest BCUT2D eigenvalue weighted by Gasteiger charge is -2.18. The molecule has 1 atom stereocenters. The molecule has 0 heterocycles. The second kappa shape index (κ2) is 15.0. The van der Waals surface area contributed by atoms with Crippen LogP contribution in [0.2, 0.25) is 5.02 Å². The third-order valence-corrected chi connectivity index (χ3v) is 8.01. The van der Waals surface area contributed by atoms with E-state index in [9.17, 15) is 18.8 Å². The Labute approximate surface area is 269 Å². The number of rotatable bonds is 10. The number of carbonyl (C=O) groups is 3. The van der Waals surface area contributed by atoms with Crippen LogP contribution in [0.5, 0.6) is 0 Å². The summed E-state index contributed by atoms with van der Waals surface area (Å²) in [7, 11) is 0. The highest BCUT2D eigenvalue weighted by Gasteiger charge is 2.23. The number of amides is 3. The van der Waals surface area contributed by atoms with E-state index >= 15 is 0 Å². The summed E-state index contributed by atoms with van der Waals surface area (Å²) >= 11 is 7.33. The van der Waals surface area contributed by atoms with Crippen LogP contribution in [0.1, 0.15) is 26.7 Å². The van der Waals surface area contributed by atoms with Gasteiger partial charge in [-0.2, -0.15) is 0 Å². The number of hydrogen-bond acceptors (Lipinski definition) is 4. The van der Waals surface area contributed by atoms with E-state index in [1.807, 2.05) is 36.4 Å². The van der Waals surface area contributed by atoms with Crippen LogP contribution in [-0.2, 0) is 9.59 Å². The number of hydrogen-bond donors (Lipinski definition) is 3. The van der Waals surface area contributed by atoms with Crippen molar-refractivity contribution < 1.29 is 18.8 Å². The molecule has 0 fully saturated rings. The maximum atomic E-state index is 13.5. The highest BCUT2D eigenvalue weighted by Crippen LogP contribution is 2.37. The average molecular weight is 636 g/mol. The fraction of sp³-hybridized carbons (Fsp3) is 0.0278. The molecule has 0 aliphatic carbocycles. The minimum Gasteiger partial charge on any atom is -0.325 e. The smallest absolute Gasteiger partial charge is 0.272 e. The molecule has 224 valence electrons. The first-order valence-corrected chi connectivity index (χ1v) is 15.1. The maximum absolute atomic E-state index is 13.5. The Morgan fingerprint density at radius 2 is 1.38 bits per heavy atom. The molecular formula is C36H27ClFN3O3S. The highest BCUT2D eigenvalue weighted by atomic mass is 35.5. The Morgan fingerprint density at radius 1 is 0.711 bits per heavy atom. The van der Waals surface area contributed by atoms with E-state index in [1.54, 1.807) is 78.9 Å². The van der Waals surface area contributed by atoms with Crippen molar-refractivity contribution in [2.45, 2.75) is 10.1 Å². The van der Waals surface area contributed by atoms with Crippen molar-refractivity contribution in [2.75, 3.05) is 10.6 Å². The Hall–Kier alpha value is -5.18. The largest absolute Gasteiger partial charge is 0.325 e. The van der Waals surface area contributed by atoms with Crippen LogP contribution < -0.4 is 16.0 Å². The monoisotopic (exact) mass is 635 g/mol. The van der Waals surface area contributed by atoms with E-state index in [2.05, 4.69) is 16.0 Å². The summed E-state index contributed by atoms with van der Waals surface area (Å²) in [6, 6.07) is 37.4. The van der Waals surface area contributed by atoms with Crippen molar-refractivity contribution in [2.24, 2.45) is 0 Å². The number of nitrogens with one attached hydrogen (secondary N) is 3. The molecule has 5 rings (SSSR count). The third kappa shape index (κ3) is 8.92. The van der Waals surface area contributed by atoms with Crippen molar-refractivity contribution in [1.29, 1.82) is 0 Å². The Bertz CT molecular complexity index is 1820. The number of anilines is 2. The first kappa shape index (κ1) is 31.3. The van der Waals surface area contributed by atoms with Gasteiger partial charge in [0.2, 0.25) is 5.91 Å². The maximum Gasteiger partial charge on any atom is 0.272 e. The molecule has 5 aromatic carbocycles. The summed E-state index contributed by atoms with van der Waals surface area (Å²) in [5.41, 5.74) is 2.81. The van der Waals surface area contributed by atoms with E-state index in [0.717, 1.165) is 5.56 Å². The van der Waals surface area contributed by atoms with Gasteiger partial charge in [0.25, 0.3) is 11.8 Å². The second-order valence-electron chi connectivity index (χ2n) is 9.82. The summed E-state index contributed by atoms with van der Waals surface area (Å²) in [6.07, 6.45) is 1.57. The van der Waals surface area contributed by atoms with E-state index in [-0.39, 0.29) is 11.6 Å². The van der Waals surface area contributed by atoms with Gasteiger partial charge in [0.1, 0.15) is 16.8 Å². The zero-order valence-corrected chi connectivity index (χ0v) is 25.3. The summed E-state index contributed by atoms with van der Waals surface area (Å²) in [5, 5.41) is 8.34. The van der Waals surface area contributed by atoms with Gasteiger partial charge < -0.3 is 16.0 Å². The minimum absolute atomic E-state index is 0.0325. The van der Waals surface area contributed by atoms with Crippen molar-refractivity contribution in [1.82, 2.24) is 5.32 Å².